The van der Waals surface area contributed by atoms with Gasteiger partial charge in [-0.25, -0.2) is 0 Å². The van der Waals surface area contributed by atoms with Gasteiger partial charge in [0.1, 0.15) is 0 Å². The van der Waals surface area contributed by atoms with Crippen molar-refractivity contribution in [1.82, 2.24) is 8.61 Å². The number of nitrogens with zero attached hydrogens (tertiary/aromatic N) is 2. The van der Waals surface area contributed by atoms with Gasteiger partial charge in [-0.15, -0.1) is 0 Å². The number of carbonyl (C=O) groups excluding carboxylic acids is 1. The summed E-state index contributed by atoms with van der Waals surface area (Å²) < 4.78 is 26.8. The van der Waals surface area contributed by atoms with Crippen molar-refractivity contribution in [3.8, 4) is 0 Å². The lowest BCUT2D eigenvalue weighted by molar-refractivity contribution is -0.116. The molecule has 0 atom stereocenters. The summed E-state index contributed by atoms with van der Waals surface area (Å²) in [5.41, 5.74) is 1.75. The van der Waals surface area contributed by atoms with Crippen molar-refractivity contribution in [2.24, 2.45) is 0 Å². The predicted molar refractivity (Wildman–Crippen MR) is 88.9 cm³/mol. The third kappa shape index (κ3) is 5.40. The SMILES string of the molecule is CCCCN(C)S(=O)(=O)N(C)CC(=O)Nc1ccc(C)cc1. The summed E-state index contributed by atoms with van der Waals surface area (Å²) in [6, 6.07) is 7.34. The van der Waals surface area contributed by atoms with Crippen LogP contribution in [0.1, 0.15) is 25.3 Å². The maximum Gasteiger partial charge on any atom is 0.281 e. The molecule has 7 heteroatoms. The number of unbranched alkanes of at least 4 members (excludes halogenated alkanes) is 1. The molecule has 0 heterocycles. The first-order valence-corrected chi connectivity index (χ1v) is 8.71. The van der Waals surface area contributed by atoms with E-state index >= 15 is 0 Å². The topological polar surface area (TPSA) is 69.7 Å². The minimum atomic E-state index is -3.60. The van der Waals surface area contributed by atoms with E-state index in [9.17, 15) is 13.2 Å². The number of hydrogen-bond donors (Lipinski definition) is 1. The Morgan fingerprint density at radius 3 is 2.27 bits per heavy atom. The van der Waals surface area contributed by atoms with Crippen LogP contribution in [0.3, 0.4) is 0 Å². The highest BCUT2D eigenvalue weighted by Crippen LogP contribution is 2.10. The smallest absolute Gasteiger partial charge is 0.281 e. The minimum Gasteiger partial charge on any atom is -0.325 e. The second-order valence-electron chi connectivity index (χ2n) is 5.35. The Kier molecular flexibility index (Phi) is 6.99. The second-order valence-corrected chi connectivity index (χ2v) is 7.50. The Morgan fingerprint density at radius 2 is 1.73 bits per heavy atom. The molecule has 124 valence electrons. The van der Waals surface area contributed by atoms with Crippen LogP contribution in [0.15, 0.2) is 24.3 Å². The minimum absolute atomic E-state index is 0.216. The number of nitrogens with one attached hydrogen (secondary N) is 1. The molecule has 1 amide bonds. The van der Waals surface area contributed by atoms with E-state index in [1.807, 2.05) is 26.0 Å². The molecule has 0 fully saturated rings. The number of likely N-dealkylation sites (N-methyl/N-ethyl adjacent to an activating group) is 1. The van der Waals surface area contributed by atoms with Crippen LogP contribution in [0, 0.1) is 6.92 Å². The van der Waals surface area contributed by atoms with E-state index in [2.05, 4.69) is 5.32 Å². The number of carbonyl (C=O) groups is 1. The van der Waals surface area contributed by atoms with Gasteiger partial charge in [-0.3, -0.25) is 4.79 Å². The molecule has 1 N–H and O–H groups in total. The number of rotatable bonds is 8. The summed E-state index contributed by atoms with van der Waals surface area (Å²) in [7, 11) is -0.663. The number of benzene rings is 1. The molecule has 1 aromatic carbocycles. The fraction of sp³-hybridized carbons (Fsp3) is 0.533. The predicted octanol–water partition coefficient (Wildman–Crippen LogP) is 1.84. The Hall–Kier alpha value is -1.44. The lowest BCUT2D eigenvalue weighted by Gasteiger charge is -2.23. The molecule has 0 aliphatic heterocycles. The van der Waals surface area contributed by atoms with Crippen molar-refractivity contribution < 1.29 is 13.2 Å². The van der Waals surface area contributed by atoms with Crippen LogP contribution in [0.4, 0.5) is 5.69 Å². The van der Waals surface area contributed by atoms with Gasteiger partial charge >= 0.3 is 0 Å². The highest BCUT2D eigenvalue weighted by atomic mass is 32.2. The highest BCUT2D eigenvalue weighted by Gasteiger charge is 2.24. The zero-order chi connectivity index (χ0) is 16.8. The Labute approximate surface area is 133 Å². The van der Waals surface area contributed by atoms with E-state index in [4.69, 9.17) is 0 Å². The molecule has 0 aliphatic carbocycles. The Morgan fingerprint density at radius 1 is 1.14 bits per heavy atom. The van der Waals surface area contributed by atoms with E-state index in [1.54, 1.807) is 12.1 Å². The first-order chi connectivity index (χ1) is 10.3. The van der Waals surface area contributed by atoms with E-state index in [-0.39, 0.29) is 12.5 Å². The van der Waals surface area contributed by atoms with Crippen molar-refractivity contribution in [3.63, 3.8) is 0 Å². The van der Waals surface area contributed by atoms with Gasteiger partial charge in [-0.1, -0.05) is 31.0 Å². The molecule has 0 bridgehead atoms. The van der Waals surface area contributed by atoms with E-state index < -0.39 is 10.2 Å². The molecule has 0 spiro atoms. The number of amides is 1. The van der Waals surface area contributed by atoms with Crippen LogP contribution in [-0.2, 0) is 15.0 Å². The van der Waals surface area contributed by atoms with Crippen molar-refractivity contribution in [3.05, 3.63) is 29.8 Å². The Balaban J connectivity index is 2.60. The largest absolute Gasteiger partial charge is 0.325 e. The first kappa shape index (κ1) is 18.6. The van der Waals surface area contributed by atoms with Gasteiger partial charge in [-0.05, 0) is 25.5 Å². The monoisotopic (exact) mass is 327 g/mol. The summed E-state index contributed by atoms with van der Waals surface area (Å²) in [6.45, 7) is 4.19. The quantitative estimate of drug-likeness (QED) is 0.792. The average molecular weight is 327 g/mol. The van der Waals surface area contributed by atoms with Crippen LogP contribution >= 0.6 is 0 Å². The van der Waals surface area contributed by atoms with Gasteiger partial charge in [0.15, 0.2) is 0 Å². The normalized spacial score (nSPS) is 11.9. The van der Waals surface area contributed by atoms with Crippen LogP contribution in [0.5, 0.6) is 0 Å². The van der Waals surface area contributed by atoms with Gasteiger partial charge in [0.25, 0.3) is 10.2 Å². The van der Waals surface area contributed by atoms with E-state index in [0.717, 1.165) is 22.7 Å². The van der Waals surface area contributed by atoms with Crippen molar-refractivity contribution in [2.75, 3.05) is 32.5 Å². The van der Waals surface area contributed by atoms with Gasteiger partial charge in [0, 0.05) is 26.3 Å². The van der Waals surface area contributed by atoms with Gasteiger partial charge < -0.3 is 5.32 Å². The molecular weight excluding hydrogens is 302 g/mol. The van der Waals surface area contributed by atoms with Crippen LogP contribution in [0.25, 0.3) is 0 Å². The van der Waals surface area contributed by atoms with Crippen molar-refractivity contribution >= 4 is 21.8 Å². The maximum atomic E-state index is 12.2. The fourth-order valence-electron chi connectivity index (χ4n) is 1.86. The third-order valence-corrected chi connectivity index (χ3v) is 5.20. The molecule has 6 nitrogen and oxygen atoms in total. The molecule has 1 rings (SSSR count). The maximum absolute atomic E-state index is 12.2. The summed E-state index contributed by atoms with van der Waals surface area (Å²) >= 11 is 0. The molecule has 0 saturated carbocycles. The lowest BCUT2D eigenvalue weighted by atomic mass is 10.2. The third-order valence-electron chi connectivity index (χ3n) is 3.32. The summed E-state index contributed by atoms with van der Waals surface area (Å²) in [5.74, 6) is -0.362. The van der Waals surface area contributed by atoms with E-state index in [1.165, 1.54) is 18.4 Å². The zero-order valence-electron chi connectivity index (χ0n) is 13.7. The molecule has 0 radical (unpaired) electrons. The lowest BCUT2D eigenvalue weighted by Crippen LogP contribution is -2.43. The van der Waals surface area contributed by atoms with Crippen molar-refractivity contribution in [1.29, 1.82) is 0 Å². The van der Waals surface area contributed by atoms with E-state index in [0.29, 0.717) is 12.2 Å². The molecule has 0 saturated heterocycles. The summed E-state index contributed by atoms with van der Waals surface area (Å²) in [5, 5.41) is 2.69. The van der Waals surface area contributed by atoms with Gasteiger partial charge in [0.05, 0.1) is 6.54 Å². The van der Waals surface area contributed by atoms with Gasteiger partial charge in [0.2, 0.25) is 5.91 Å². The molecule has 0 unspecified atom stereocenters. The molecule has 22 heavy (non-hydrogen) atoms. The Bertz CT molecular complexity index is 585. The summed E-state index contributed by atoms with van der Waals surface area (Å²) in [6.07, 6.45) is 1.70. The zero-order valence-corrected chi connectivity index (χ0v) is 14.5. The average Bonchev–Trinajstić information content (AvgIpc) is 2.46. The number of hydrogen-bond acceptors (Lipinski definition) is 3. The molecule has 0 aromatic heterocycles. The highest BCUT2D eigenvalue weighted by molar-refractivity contribution is 7.86. The standard InChI is InChI=1S/C15H25N3O3S/c1-5-6-11-17(3)22(20,21)18(4)12-15(19)16-14-9-7-13(2)8-10-14/h7-10H,5-6,11-12H2,1-4H3,(H,16,19). The fourth-order valence-corrected chi connectivity index (χ4v) is 2.97. The van der Waals surface area contributed by atoms with Crippen molar-refractivity contribution in [2.45, 2.75) is 26.7 Å². The summed E-state index contributed by atoms with van der Waals surface area (Å²) in [4.78, 5) is 12.0. The molecule has 0 aliphatic rings. The van der Waals surface area contributed by atoms with Crippen LogP contribution in [-0.4, -0.2) is 50.1 Å². The number of aryl methyl sites for hydroxylation is 1. The molecular formula is C15H25N3O3S. The second kappa shape index (κ2) is 8.26. The van der Waals surface area contributed by atoms with Gasteiger partial charge in [-0.2, -0.15) is 17.0 Å². The van der Waals surface area contributed by atoms with Crippen LogP contribution < -0.4 is 5.32 Å². The van der Waals surface area contributed by atoms with Crippen LogP contribution in [0.2, 0.25) is 0 Å². The number of anilines is 1. The molecule has 1 aromatic rings. The first-order valence-electron chi connectivity index (χ1n) is 7.31.